The van der Waals surface area contributed by atoms with Crippen LogP contribution >= 0.6 is 0 Å². The van der Waals surface area contributed by atoms with Crippen LogP contribution in [0, 0.1) is 6.92 Å². The van der Waals surface area contributed by atoms with Crippen molar-refractivity contribution in [3.8, 4) is 5.75 Å². The second-order valence-corrected chi connectivity index (χ2v) is 4.69. The summed E-state index contributed by atoms with van der Waals surface area (Å²) in [5.74, 6) is -1.04. The molecule has 0 aliphatic heterocycles. The number of likely N-dealkylation sites (N-methyl/N-ethyl adjacent to an activating group) is 1. The quantitative estimate of drug-likeness (QED) is 0.883. The van der Waals surface area contributed by atoms with Crippen molar-refractivity contribution in [2.75, 3.05) is 13.7 Å². The van der Waals surface area contributed by atoms with Crippen LogP contribution in [0.4, 0.5) is 0 Å². The lowest BCUT2D eigenvalue weighted by Crippen LogP contribution is -2.36. The number of carboxylic acid groups (broad SMARTS) is 1. The topological polar surface area (TPSA) is 66.8 Å². The minimum absolute atomic E-state index is 0.0607. The lowest BCUT2D eigenvalue weighted by atomic mass is 10.1. The van der Waals surface area contributed by atoms with E-state index in [0.717, 1.165) is 5.56 Å². The molecule has 0 spiro atoms. The lowest BCUT2D eigenvalue weighted by Gasteiger charge is -2.21. The minimum Gasteiger partial charge on any atom is -0.483 e. The van der Waals surface area contributed by atoms with Crippen molar-refractivity contribution in [2.45, 2.75) is 26.8 Å². The van der Waals surface area contributed by atoms with Crippen LogP contribution in [0.5, 0.6) is 5.75 Å². The summed E-state index contributed by atoms with van der Waals surface area (Å²) in [5.41, 5.74) is 0.940. The van der Waals surface area contributed by atoms with Gasteiger partial charge < -0.3 is 14.7 Å². The molecule has 0 saturated carbocycles. The highest BCUT2D eigenvalue weighted by Crippen LogP contribution is 2.20. The third kappa shape index (κ3) is 3.98. The summed E-state index contributed by atoms with van der Waals surface area (Å²) in [6, 6.07) is 4.86. The number of nitrogens with zero attached hydrogens (tertiary/aromatic N) is 1. The smallest absolute Gasteiger partial charge is 0.339 e. The van der Waals surface area contributed by atoms with Gasteiger partial charge in [-0.15, -0.1) is 0 Å². The number of hydrogen-bond acceptors (Lipinski definition) is 3. The van der Waals surface area contributed by atoms with Crippen molar-refractivity contribution < 1.29 is 19.4 Å². The number of carbonyl (C=O) groups is 2. The average Bonchev–Trinajstić information content (AvgIpc) is 2.34. The maximum absolute atomic E-state index is 11.8. The number of carbonyl (C=O) groups excluding carboxylic acids is 1. The summed E-state index contributed by atoms with van der Waals surface area (Å²) in [6.07, 6.45) is 0. The predicted molar refractivity (Wildman–Crippen MR) is 71.5 cm³/mol. The number of hydrogen-bond donors (Lipinski definition) is 1. The van der Waals surface area contributed by atoms with Crippen LogP contribution in [0.25, 0.3) is 0 Å². The largest absolute Gasteiger partial charge is 0.483 e. The minimum atomic E-state index is -1.07. The molecule has 0 heterocycles. The van der Waals surface area contributed by atoms with Gasteiger partial charge in [0.1, 0.15) is 11.3 Å². The fourth-order valence-electron chi connectivity index (χ4n) is 1.45. The summed E-state index contributed by atoms with van der Waals surface area (Å²) >= 11 is 0. The number of amides is 1. The molecule has 0 aliphatic carbocycles. The summed E-state index contributed by atoms with van der Waals surface area (Å²) in [5, 5.41) is 9.04. The van der Waals surface area contributed by atoms with E-state index in [2.05, 4.69) is 0 Å². The molecule has 5 heteroatoms. The Balaban J connectivity index is 2.80. The maximum Gasteiger partial charge on any atom is 0.339 e. The molecule has 0 saturated heterocycles. The number of aryl methyl sites for hydroxylation is 1. The van der Waals surface area contributed by atoms with Gasteiger partial charge in [-0.05, 0) is 38.5 Å². The highest BCUT2D eigenvalue weighted by atomic mass is 16.5. The van der Waals surface area contributed by atoms with Crippen molar-refractivity contribution in [1.29, 1.82) is 0 Å². The number of ether oxygens (including phenoxy) is 1. The Morgan fingerprint density at radius 3 is 2.53 bits per heavy atom. The summed E-state index contributed by atoms with van der Waals surface area (Å²) in [4.78, 5) is 24.4. The van der Waals surface area contributed by atoms with Crippen molar-refractivity contribution in [2.24, 2.45) is 0 Å². The van der Waals surface area contributed by atoms with E-state index in [1.807, 2.05) is 20.8 Å². The van der Waals surface area contributed by atoms with Gasteiger partial charge in [-0.2, -0.15) is 0 Å². The molecule has 1 N–H and O–H groups in total. The van der Waals surface area contributed by atoms with E-state index in [4.69, 9.17) is 9.84 Å². The standard InChI is InChI=1S/C14H19NO4/c1-9(2)15(4)13(16)8-19-12-7-10(3)5-6-11(12)14(17)18/h5-7,9H,8H2,1-4H3,(H,17,18). The highest BCUT2D eigenvalue weighted by Gasteiger charge is 2.16. The third-order valence-electron chi connectivity index (χ3n) is 2.89. The second kappa shape index (κ2) is 6.22. The molecule has 0 unspecified atom stereocenters. The van der Waals surface area contributed by atoms with Crippen LogP contribution in [0.15, 0.2) is 18.2 Å². The predicted octanol–water partition coefficient (Wildman–Crippen LogP) is 1.94. The summed E-state index contributed by atoms with van der Waals surface area (Å²) < 4.78 is 5.34. The molecule has 1 aromatic rings. The highest BCUT2D eigenvalue weighted by molar-refractivity contribution is 5.91. The second-order valence-electron chi connectivity index (χ2n) is 4.69. The van der Waals surface area contributed by atoms with Gasteiger partial charge in [0.25, 0.3) is 5.91 Å². The van der Waals surface area contributed by atoms with E-state index < -0.39 is 5.97 Å². The van der Waals surface area contributed by atoms with Crippen molar-refractivity contribution in [3.05, 3.63) is 29.3 Å². The molecule has 0 fully saturated rings. The van der Waals surface area contributed by atoms with Crippen molar-refractivity contribution >= 4 is 11.9 Å². The molecule has 1 aromatic carbocycles. The molecule has 0 bridgehead atoms. The fraction of sp³-hybridized carbons (Fsp3) is 0.429. The first-order valence-electron chi connectivity index (χ1n) is 6.05. The van der Waals surface area contributed by atoms with Gasteiger partial charge in [0.05, 0.1) is 0 Å². The molecular formula is C14H19NO4. The molecule has 1 rings (SSSR count). The monoisotopic (exact) mass is 265 g/mol. The van der Waals surface area contributed by atoms with Gasteiger partial charge >= 0.3 is 5.97 Å². The van der Waals surface area contributed by atoms with Gasteiger partial charge in [-0.25, -0.2) is 4.79 Å². The van der Waals surface area contributed by atoms with Crippen LogP contribution in [-0.2, 0) is 4.79 Å². The first-order chi connectivity index (χ1) is 8.82. The molecule has 0 aliphatic rings. The zero-order valence-corrected chi connectivity index (χ0v) is 11.6. The van der Waals surface area contributed by atoms with Gasteiger partial charge in [0.15, 0.2) is 6.61 Å². The average molecular weight is 265 g/mol. The van der Waals surface area contributed by atoms with E-state index in [-0.39, 0.29) is 29.9 Å². The van der Waals surface area contributed by atoms with Crippen LogP contribution < -0.4 is 4.74 Å². The Morgan fingerprint density at radius 2 is 2.00 bits per heavy atom. The number of carboxylic acids is 1. The Morgan fingerprint density at radius 1 is 1.37 bits per heavy atom. The Labute approximate surface area is 112 Å². The van der Waals surface area contributed by atoms with E-state index in [0.29, 0.717) is 0 Å². The van der Waals surface area contributed by atoms with E-state index >= 15 is 0 Å². The number of rotatable bonds is 5. The zero-order valence-electron chi connectivity index (χ0n) is 11.6. The maximum atomic E-state index is 11.8. The summed E-state index contributed by atoms with van der Waals surface area (Å²) in [6.45, 7) is 5.46. The fourth-order valence-corrected chi connectivity index (χ4v) is 1.45. The van der Waals surface area contributed by atoms with E-state index in [1.54, 1.807) is 24.1 Å². The molecule has 104 valence electrons. The van der Waals surface area contributed by atoms with Crippen LogP contribution in [-0.4, -0.2) is 41.6 Å². The van der Waals surface area contributed by atoms with Crippen molar-refractivity contribution in [3.63, 3.8) is 0 Å². The molecule has 1 amide bonds. The van der Waals surface area contributed by atoms with Gasteiger partial charge in [-0.1, -0.05) is 6.07 Å². The van der Waals surface area contributed by atoms with Crippen molar-refractivity contribution in [1.82, 2.24) is 4.90 Å². The third-order valence-corrected chi connectivity index (χ3v) is 2.89. The molecule has 0 atom stereocenters. The van der Waals surface area contributed by atoms with Gasteiger partial charge in [0, 0.05) is 13.1 Å². The Hall–Kier alpha value is -2.04. The molecule has 5 nitrogen and oxygen atoms in total. The zero-order chi connectivity index (χ0) is 14.6. The normalized spacial score (nSPS) is 10.4. The SMILES string of the molecule is Cc1ccc(C(=O)O)c(OCC(=O)N(C)C(C)C)c1. The van der Waals surface area contributed by atoms with Gasteiger partial charge in [-0.3, -0.25) is 4.79 Å². The molecule has 19 heavy (non-hydrogen) atoms. The number of benzene rings is 1. The van der Waals surface area contributed by atoms with Gasteiger partial charge in [0.2, 0.25) is 0 Å². The summed E-state index contributed by atoms with van der Waals surface area (Å²) in [7, 11) is 1.69. The van der Waals surface area contributed by atoms with Crippen LogP contribution in [0.1, 0.15) is 29.8 Å². The van der Waals surface area contributed by atoms with Crippen LogP contribution in [0.2, 0.25) is 0 Å². The van der Waals surface area contributed by atoms with E-state index in [9.17, 15) is 9.59 Å². The molecular weight excluding hydrogens is 246 g/mol. The lowest BCUT2D eigenvalue weighted by molar-refractivity contribution is -0.133. The first kappa shape index (κ1) is 15.0. The van der Waals surface area contributed by atoms with Crippen LogP contribution in [0.3, 0.4) is 0 Å². The first-order valence-corrected chi connectivity index (χ1v) is 6.05. The molecule has 0 aromatic heterocycles. The molecule has 0 radical (unpaired) electrons. The number of aromatic carboxylic acids is 1. The Kier molecular flexibility index (Phi) is 4.92. The van der Waals surface area contributed by atoms with E-state index in [1.165, 1.54) is 6.07 Å². The Bertz CT molecular complexity index is 482.